The quantitative estimate of drug-likeness (QED) is 0.768. The zero-order chi connectivity index (χ0) is 17.4. The molecule has 1 N–H and O–H groups in total. The molecule has 1 heterocycles. The molecule has 2 aromatic rings. The zero-order valence-corrected chi connectivity index (χ0v) is 15.5. The smallest absolute Gasteiger partial charge is 0.0708 e. The van der Waals surface area contributed by atoms with Gasteiger partial charge in [0, 0.05) is 11.1 Å². The van der Waals surface area contributed by atoms with E-state index in [4.69, 9.17) is 0 Å². The maximum absolute atomic E-state index is 9.47. The molecule has 0 spiro atoms. The molecule has 126 valence electrons. The van der Waals surface area contributed by atoms with Gasteiger partial charge in [0.15, 0.2) is 0 Å². The molecule has 23 heavy (non-hydrogen) atoms. The standard InChI is InChI=1S/C19H25NO.C2H6/c1-5-7-17(13(3)12-21)16-8-9-19-18(11-16)15(6-2)10-14(4)20-19;1-2/h8-11,21H,5-7,12H2,1-4H3;1-2H3/b17-13+;. The van der Waals surface area contributed by atoms with Crippen molar-refractivity contribution in [2.75, 3.05) is 6.61 Å². The molecule has 0 aliphatic rings. The molecule has 0 fully saturated rings. The van der Waals surface area contributed by atoms with Gasteiger partial charge in [0.05, 0.1) is 12.1 Å². The van der Waals surface area contributed by atoms with Crippen LogP contribution in [0.1, 0.15) is 64.3 Å². The van der Waals surface area contributed by atoms with E-state index in [-0.39, 0.29) is 6.61 Å². The van der Waals surface area contributed by atoms with Gasteiger partial charge in [-0.2, -0.15) is 0 Å². The van der Waals surface area contributed by atoms with Crippen LogP contribution in [0.15, 0.2) is 29.8 Å². The van der Waals surface area contributed by atoms with Crippen LogP contribution in [0.4, 0.5) is 0 Å². The van der Waals surface area contributed by atoms with Crippen LogP contribution in [0, 0.1) is 6.92 Å². The Kier molecular flexibility index (Phi) is 7.97. The van der Waals surface area contributed by atoms with Gasteiger partial charge in [-0.05, 0) is 67.2 Å². The lowest BCUT2D eigenvalue weighted by Gasteiger charge is -2.13. The highest BCUT2D eigenvalue weighted by Gasteiger charge is 2.09. The Morgan fingerprint density at radius 1 is 1.13 bits per heavy atom. The third-order valence-electron chi connectivity index (χ3n) is 4.00. The van der Waals surface area contributed by atoms with E-state index in [0.717, 1.165) is 36.0 Å². The highest BCUT2D eigenvalue weighted by molar-refractivity contribution is 5.86. The Balaban J connectivity index is 0.00000127. The lowest BCUT2D eigenvalue weighted by Crippen LogP contribution is -1.96. The van der Waals surface area contributed by atoms with E-state index in [2.05, 4.69) is 43.1 Å². The van der Waals surface area contributed by atoms with Crippen LogP contribution < -0.4 is 0 Å². The fourth-order valence-corrected chi connectivity index (χ4v) is 2.87. The van der Waals surface area contributed by atoms with Gasteiger partial charge in [0.25, 0.3) is 0 Å². The number of aryl methyl sites for hydroxylation is 2. The maximum atomic E-state index is 9.47. The van der Waals surface area contributed by atoms with Gasteiger partial charge in [-0.3, -0.25) is 4.98 Å². The summed E-state index contributed by atoms with van der Waals surface area (Å²) < 4.78 is 0. The molecule has 1 aromatic heterocycles. The molecule has 0 aliphatic heterocycles. The van der Waals surface area contributed by atoms with Crippen molar-refractivity contribution in [2.24, 2.45) is 0 Å². The number of rotatable bonds is 5. The van der Waals surface area contributed by atoms with Crippen molar-refractivity contribution in [3.8, 4) is 0 Å². The summed E-state index contributed by atoms with van der Waals surface area (Å²) in [5.74, 6) is 0. The SMILES string of the molecule is CC.CCC/C(=C(/C)CO)c1ccc2nc(C)cc(CC)c2c1. The normalized spacial score (nSPS) is 11.8. The third-order valence-corrected chi connectivity index (χ3v) is 4.00. The number of aliphatic hydroxyl groups excluding tert-OH is 1. The van der Waals surface area contributed by atoms with Crippen LogP contribution in [0.2, 0.25) is 0 Å². The van der Waals surface area contributed by atoms with Crippen LogP contribution in [-0.4, -0.2) is 16.7 Å². The highest BCUT2D eigenvalue weighted by Crippen LogP contribution is 2.28. The van der Waals surface area contributed by atoms with Gasteiger partial charge in [-0.1, -0.05) is 40.2 Å². The summed E-state index contributed by atoms with van der Waals surface area (Å²) in [4.78, 5) is 4.63. The highest BCUT2D eigenvalue weighted by atomic mass is 16.3. The van der Waals surface area contributed by atoms with Crippen LogP contribution in [0.3, 0.4) is 0 Å². The summed E-state index contributed by atoms with van der Waals surface area (Å²) in [6.07, 6.45) is 3.09. The van der Waals surface area contributed by atoms with Crippen molar-refractivity contribution < 1.29 is 5.11 Å². The summed E-state index contributed by atoms with van der Waals surface area (Å²) in [6, 6.07) is 8.66. The fraction of sp³-hybridized carbons (Fsp3) is 0.476. The first-order valence-electron chi connectivity index (χ1n) is 8.80. The van der Waals surface area contributed by atoms with E-state index in [9.17, 15) is 5.11 Å². The minimum atomic E-state index is 0.125. The molecular weight excluding hydrogens is 282 g/mol. The topological polar surface area (TPSA) is 33.1 Å². The van der Waals surface area contributed by atoms with E-state index in [1.165, 1.54) is 22.1 Å². The third kappa shape index (κ3) is 4.65. The largest absolute Gasteiger partial charge is 0.392 e. The van der Waals surface area contributed by atoms with E-state index >= 15 is 0 Å². The van der Waals surface area contributed by atoms with E-state index < -0.39 is 0 Å². The molecule has 1 aromatic carbocycles. The molecule has 0 unspecified atom stereocenters. The van der Waals surface area contributed by atoms with Crippen molar-refractivity contribution in [1.82, 2.24) is 4.98 Å². The number of fused-ring (bicyclic) bond motifs is 1. The molecule has 0 amide bonds. The molecule has 2 rings (SSSR count). The predicted molar refractivity (Wildman–Crippen MR) is 102 cm³/mol. The molecule has 0 atom stereocenters. The van der Waals surface area contributed by atoms with Gasteiger partial charge in [-0.15, -0.1) is 0 Å². The first-order chi connectivity index (χ1) is 11.1. The number of nitrogens with zero attached hydrogens (tertiary/aromatic N) is 1. The van der Waals surface area contributed by atoms with Gasteiger partial charge < -0.3 is 5.11 Å². The summed E-state index contributed by atoms with van der Waals surface area (Å²) in [6.45, 7) is 12.5. The Morgan fingerprint density at radius 2 is 1.83 bits per heavy atom. The number of hydrogen-bond acceptors (Lipinski definition) is 2. The number of benzene rings is 1. The molecule has 0 saturated heterocycles. The summed E-state index contributed by atoms with van der Waals surface area (Å²) in [5.41, 5.74) is 7.03. The fourth-order valence-electron chi connectivity index (χ4n) is 2.87. The lowest BCUT2D eigenvalue weighted by atomic mass is 9.94. The van der Waals surface area contributed by atoms with Crippen molar-refractivity contribution in [3.05, 3.63) is 46.7 Å². The first-order valence-corrected chi connectivity index (χ1v) is 8.80. The number of aliphatic hydroxyl groups is 1. The Hall–Kier alpha value is -1.67. The van der Waals surface area contributed by atoms with Crippen molar-refractivity contribution in [2.45, 2.75) is 60.8 Å². The average molecular weight is 313 g/mol. The van der Waals surface area contributed by atoms with Crippen LogP contribution in [0.5, 0.6) is 0 Å². The second-order valence-corrected chi connectivity index (χ2v) is 5.68. The second-order valence-electron chi connectivity index (χ2n) is 5.68. The van der Waals surface area contributed by atoms with E-state index in [1.54, 1.807) is 0 Å². The number of pyridine rings is 1. The van der Waals surface area contributed by atoms with Gasteiger partial charge in [-0.25, -0.2) is 0 Å². The molecular formula is C21H31NO. The molecule has 0 aliphatic carbocycles. The maximum Gasteiger partial charge on any atom is 0.0708 e. The number of hydrogen-bond donors (Lipinski definition) is 1. The molecule has 0 radical (unpaired) electrons. The first kappa shape index (κ1) is 19.4. The Bertz CT molecular complexity index is 671. The Morgan fingerprint density at radius 3 is 2.39 bits per heavy atom. The Labute approximate surface area is 141 Å². The summed E-state index contributed by atoms with van der Waals surface area (Å²) >= 11 is 0. The van der Waals surface area contributed by atoms with Crippen LogP contribution >= 0.6 is 0 Å². The second kappa shape index (κ2) is 9.46. The van der Waals surface area contributed by atoms with Crippen molar-refractivity contribution in [3.63, 3.8) is 0 Å². The van der Waals surface area contributed by atoms with Crippen molar-refractivity contribution in [1.29, 1.82) is 0 Å². The summed E-state index contributed by atoms with van der Waals surface area (Å²) in [7, 11) is 0. The molecule has 2 nitrogen and oxygen atoms in total. The van der Waals surface area contributed by atoms with Crippen molar-refractivity contribution >= 4 is 16.5 Å². The number of aromatic nitrogens is 1. The minimum absolute atomic E-state index is 0.125. The lowest BCUT2D eigenvalue weighted by molar-refractivity contribution is 0.331. The predicted octanol–water partition coefficient (Wildman–Crippen LogP) is 5.70. The average Bonchev–Trinajstić information content (AvgIpc) is 2.59. The number of allylic oxidation sites excluding steroid dienone is 1. The monoisotopic (exact) mass is 313 g/mol. The summed E-state index contributed by atoms with van der Waals surface area (Å²) in [5, 5.41) is 10.7. The van der Waals surface area contributed by atoms with E-state index in [1.807, 2.05) is 27.7 Å². The van der Waals surface area contributed by atoms with Gasteiger partial charge >= 0.3 is 0 Å². The molecule has 0 saturated carbocycles. The van der Waals surface area contributed by atoms with E-state index in [0.29, 0.717) is 0 Å². The molecule has 2 heteroatoms. The minimum Gasteiger partial charge on any atom is -0.392 e. The van der Waals surface area contributed by atoms with Gasteiger partial charge in [0.2, 0.25) is 0 Å². The van der Waals surface area contributed by atoms with Gasteiger partial charge in [0.1, 0.15) is 0 Å². The van der Waals surface area contributed by atoms with Crippen LogP contribution in [-0.2, 0) is 6.42 Å². The molecule has 0 bridgehead atoms. The van der Waals surface area contributed by atoms with Crippen LogP contribution in [0.25, 0.3) is 16.5 Å². The zero-order valence-electron chi connectivity index (χ0n) is 15.5.